The predicted molar refractivity (Wildman–Crippen MR) is 121 cm³/mol. The first-order chi connectivity index (χ1) is 14.2. The van der Waals surface area contributed by atoms with Crippen molar-refractivity contribution >= 4 is 44.3 Å². The minimum Gasteiger partial charge on any atom is -0.345 e. The Labute approximate surface area is 182 Å². The zero-order valence-corrected chi connectivity index (χ0v) is 18.3. The lowest BCUT2D eigenvalue weighted by Crippen LogP contribution is -2.38. The zero-order chi connectivity index (χ0) is 20.1. The van der Waals surface area contributed by atoms with Gasteiger partial charge in [-0.05, 0) is 36.2 Å². The molecule has 0 aliphatic carbocycles. The summed E-state index contributed by atoms with van der Waals surface area (Å²) in [6.45, 7) is 3.03. The van der Waals surface area contributed by atoms with E-state index in [4.69, 9.17) is 4.98 Å². The standard InChI is InChI=1S/C21H22BrN5OS/c22-17-7-9-18(10-8-17)23-20(28)26-11-4-12-27(14-13-26)21-24-19(25-29-21)15-16-5-2-1-3-6-16/h1-3,5-10H,4,11-15H2,(H,23,28). The minimum atomic E-state index is -0.0591. The van der Waals surface area contributed by atoms with E-state index >= 15 is 0 Å². The molecular formula is C21H22BrN5OS. The SMILES string of the molecule is O=C(Nc1ccc(Br)cc1)N1CCCN(c2nc(Cc3ccccc3)ns2)CC1. The van der Waals surface area contributed by atoms with Gasteiger partial charge in [-0.2, -0.15) is 4.37 Å². The van der Waals surface area contributed by atoms with Crippen molar-refractivity contribution in [2.45, 2.75) is 12.8 Å². The summed E-state index contributed by atoms with van der Waals surface area (Å²) in [4.78, 5) is 21.4. The molecule has 1 N–H and O–H groups in total. The summed E-state index contributed by atoms with van der Waals surface area (Å²) in [6.07, 6.45) is 1.65. The number of nitrogens with zero attached hydrogens (tertiary/aromatic N) is 4. The van der Waals surface area contributed by atoms with Crippen LogP contribution in [0.25, 0.3) is 0 Å². The maximum absolute atomic E-state index is 12.6. The van der Waals surface area contributed by atoms with Crippen molar-refractivity contribution in [3.05, 3.63) is 70.5 Å². The summed E-state index contributed by atoms with van der Waals surface area (Å²) in [7, 11) is 0. The molecule has 3 aromatic rings. The van der Waals surface area contributed by atoms with E-state index in [1.54, 1.807) is 0 Å². The number of aromatic nitrogens is 2. The quantitative estimate of drug-likeness (QED) is 0.601. The van der Waals surface area contributed by atoms with E-state index in [-0.39, 0.29) is 6.03 Å². The number of anilines is 2. The molecule has 150 valence electrons. The fourth-order valence-corrected chi connectivity index (χ4v) is 4.27. The first-order valence-corrected chi connectivity index (χ1v) is 11.2. The maximum atomic E-state index is 12.6. The number of urea groups is 1. The molecule has 1 aliphatic heterocycles. The van der Waals surface area contributed by atoms with Gasteiger partial charge in [0.05, 0.1) is 0 Å². The molecule has 8 heteroatoms. The van der Waals surface area contributed by atoms with Gasteiger partial charge in [-0.15, -0.1) is 0 Å². The number of nitrogens with one attached hydrogen (secondary N) is 1. The molecule has 2 heterocycles. The van der Waals surface area contributed by atoms with Crippen molar-refractivity contribution in [2.24, 2.45) is 0 Å². The van der Waals surface area contributed by atoms with Gasteiger partial charge in [-0.1, -0.05) is 46.3 Å². The molecule has 0 bridgehead atoms. The van der Waals surface area contributed by atoms with Crippen molar-refractivity contribution < 1.29 is 4.79 Å². The van der Waals surface area contributed by atoms with Crippen LogP contribution in [0.1, 0.15) is 17.8 Å². The largest absolute Gasteiger partial charge is 0.345 e. The maximum Gasteiger partial charge on any atom is 0.321 e. The summed E-state index contributed by atoms with van der Waals surface area (Å²) < 4.78 is 5.52. The van der Waals surface area contributed by atoms with Crippen LogP contribution < -0.4 is 10.2 Å². The first-order valence-electron chi connectivity index (χ1n) is 9.60. The molecule has 1 fully saturated rings. The van der Waals surface area contributed by atoms with E-state index in [0.29, 0.717) is 6.54 Å². The lowest BCUT2D eigenvalue weighted by Gasteiger charge is -2.22. The van der Waals surface area contributed by atoms with Crippen LogP contribution in [0.4, 0.5) is 15.6 Å². The van der Waals surface area contributed by atoms with Gasteiger partial charge in [-0.3, -0.25) is 0 Å². The van der Waals surface area contributed by atoms with Crippen molar-refractivity contribution in [3.63, 3.8) is 0 Å². The summed E-state index contributed by atoms with van der Waals surface area (Å²) >= 11 is 4.85. The molecule has 1 aromatic heterocycles. The van der Waals surface area contributed by atoms with Gasteiger partial charge < -0.3 is 15.1 Å². The highest BCUT2D eigenvalue weighted by Gasteiger charge is 2.21. The van der Waals surface area contributed by atoms with Crippen LogP contribution in [-0.4, -0.2) is 46.5 Å². The molecule has 2 amide bonds. The summed E-state index contributed by atoms with van der Waals surface area (Å²) in [5, 5.41) is 3.91. The molecule has 4 rings (SSSR count). The van der Waals surface area contributed by atoms with Gasteiger partial charge in [0.2, 0.25) is 5.13 Å². The van der Waals surface area contributed by atoms with Gasteiger partial charge in [-0.25, -0.2) is 9.78 Å². The number of halogens is 1. The van der Waals surface area contributed by atoms with E-state index < -0.39 is 0 Å². The van der Waals surface area contributed by atoms with Gasteiger partial charge >= 0.3 is 6.03 Å². The molecule has 1 aliphatic rings. The monoisotopic (exact) mass is 471 g/mol. The van der Waals surface area contributed by atoms with E-state index in [1.807, 2.05) is 47.4 Å². The Morgan fingerprint density at radius 3 is 2.62 bits per heavy atom. The topological polar surface area (TPSA) is 61.4 Å². The molecule has 1 saturated heterocycles. The average molecular weight is 472 g/mol. The van der Waals surface area contributed by atoms with Crippen LogP contribution in [0.15, 0.2) is 59.1 Å². The molecule has 0 atom stereocenters. The van der Waals surface area contributed by atoms with Gasteiger partial charge in [0.1, 0.15) is 5.82 Å². The zero-order valence-electron chi connectivity index (χ0n) is 15.9. The van der Waals surface area contributed by atoms with Crippen LogP contribution >= 0.6 is 27.5 Å². The summed E-state index contributed by atoms with van der Waals surface area (Å²) in [6, 6.07) is 17.8. The van der Waals surface area contributed by atoms with Crippen LogP contribution in [0.3, 0.4) is 0 Å². The number of carbonyl (C=O) groups excluding carboxylic acids is 1. The molecule has 29 heavy (non-hydrogen) atoms. The summed E-state index contributed by atoms with van der Waals surface area (Å²) in [5.74, 6) is 0.852. The molecule has 6 nitrogen and oxygen atoms in total. The molecule has 0 unspecified atom stereocenters. The van der Waals surface area contributed by atoms with Gasteiger partial charge in [0.15, 0.2) is 0 Å². The Hall–Kier alpha value is -2.45. The third kappa shape index (κ3) is 5.33. The number of rotatable bonds is 4. The third-order valence-electron chi connectivity index (χ3n) is 4.81. The van der Waals surface area contributed by atoms with E-state index in [1.165, 1.54) is 17.1 Å². The Kier molecular flexibility index (Phi) is 6.41. The highest BCUT2D eigenvalue weighted by atomic mass is 79.9. The molecule has 0 spiro atoms. The van der Waals surface area contributed by atoms with Crippen LogP contribution in [0, 0.1) is 0 Å². The number of benzene rings is 2. The molecule has 0 radical (unpaired) electrons. The smallest absolute Gasteiger partial charge is 0.321 e. The molecule has 0 saturated carbocycles. The van der Waals surface area contributed by atoms with Gasteiger partial charge in [0.25, 0.3) is 0 Å². The summed E-state index contributed by atoms with van der Waals surface area (Å²) in [5.41, 5.74) is 2.01. The molecule has 2 aromatic carbocycles. The van der Waals surface area contributed by atoms with Gasteiger partial charge in [0, 0.05) is 54.3 Å². The lowest BCUT2D eigenvalue weighted by atomic mass is 10.1. The van der Waals surface area contributed by atoms with E-state index in [2.05, 4.69) is 42.7 Å². The fourth-order valence-electron chi connectivity index (χ4n) is 3.27. The highest BCUT2D eigenvalue weighted by molar-refractivity contribution is 9.10. The normalized spacial score (nSPS) is 14.5. The van der Waals surface area contributed by atoms with Crippen molar-refractivity contribution in [3.8, 4) is 0 Å². The van der Waals surface area contributed by atoms with Crippen LogP contribution in [0.5, 0.6) is 0 Å². The van der Waals surface area contributed by atoms with Crippen molar-refractivity contribution in [1.82, 2.24) is 14.3 Å². The number of hydrogen-bond donors (Lipinski definition) is 1. The number of carbonyl (C=O) groups is 1. The predicted octanol–water partition coefficient (Wildman–Crippen LogP) is 4.64. The third-order valence-corrected chi connectivity index (χ3v) is 6.16. The first kappa shape index (κ1) is 19.8. The lowest BCUT2D eigenvalue weighted by molar-refractivity contribution is 0.215. The van der Waals surface area contributed by atoms with Crippen molar-refractivity contribution in [1.29, 1.82) is 0 Å². The van der Waals surface area contributed by atoms with Crippen LogP contribution in [-0.2, 0) is 6.42 Å². The number of amides is 2. The Bertz CT molecular complexity index is 947. The Morgan fingerprint density at radius 2 is 1.83 bits per heavy atom. The van der Waals surface area contributed by atoms with E-state index in [9.17, 15) is 4.79 Å². The second-order valence-corrected chi connectivity index (χ2v) is 8.57. The highest BCUT2D eigenvalue weighted by Crippen LogP contribution is 2.21. The van der Waals surface area contributed by atoms with Crippen LogP contribution in [0.2, 0.25) is 0 Å². The van der Waals surface area contributed by atoms with E-state index in [0.717, 1.165) is 53.6 Å². The second-order valence-electron chi connectivity index (χ2n) is 6.92. The Balaban J connectivity index is 1.34. The molecular weight excluding hydrogens is 450 g/mol. The Morgan fingerprint density at radius 1 is 1.03 bits per heavy atom. The fraction of sp³-hybridized carbons (Fsp3) is 0.286. The average Bonchev–Trinajstić information content (AvgIpc) is 3.05. The number of hydrogen-bond acceptors (Lipinski definition) is 5. The minimum absolute atomic E-state index is 0.0591. The van der Waals surface area contributed by atoms with Crippen molar-refractivity contribution in [2.75, 3.05) is 36.4 Å². The second kappa shape index (κ2) is 9.37.